The molecule has 0 bridgehead atoms. The van der Waals surface area contributed by atoms with Crippen LogP contribution < -0.4 is 9.64 Å². The average Bonchev–Trinajstić information content (AvgIpc) is 3.06. The summed E-state index contributed by atoms with van der Waals surface area (Å²) in [5.74, 6) is -1.49. The van der Waals surface area contributed by atoms with E-state index in [0.29, 0.717) is 27.6 Å². The van der Waals surface area contributed by atoms with Crippen LogP contribution >= 0.6 is 11.6 Å². The van der Waals surface area contributed by atoms with Crippen molar-refractivity contribution < 1.29 is 19.4 Å². The first-order chi connectivity index (χ1) is 14.9. The normalized spacial score (nSPS) is 17.8. The zero-order valence-electron chi connectivity index (χ0n) is 16.9. The molecular weight excluding hydrogens is 416 g/mol. The van der Waals surface area contributed by atoms with Gasteiger partial charge in [0.15, 0.2) is 0 Å². The van der Waals surface area contributed by atoms with Gasteiger partial charge in [-0.05, 0) is 48.4 Å². The number of hydrogen-bond donors (Lipinski definition) is 1. The summed E-state index contributed by atoms with van der Waals surface area (Å²) < 4.78 is 5.34. The van der Waals surface area contributed by atoms with Crippen molar-refractivity contribution in [3.05, 3.63) is 94.3 Å². The number of aliphatic hydroxyl groups excluding tert-OH is 1. The number of halogens is 1. The SMILES string of the molecule is COc1ccccc1/C(O)=C1\C(=O)C(=O)N(c2ccc(C)c(Cl)c2)C1c1cccnc1. The fraction of sp³-hybridized carbons (Fsp3) is 0.125. The predicted octanol–water partition coefficient (Wildman–Crippen LogP) is 4.68. The third kappa shape index (κ3) is 3.55. The molecule has 0 radical (unpaired) electrons. The van der Waals surface area contributed by atoms with Crippen molar-refractivity contribution in [2.75, 3.05) is 12.0 Å². The smallest absolute Gasteiger partial charge is 0.300 e. The predicted molar refractivity (Wildman–Crippen MR) is 118 cm³/mol. The zero-order chi connectivity index (χ0) is 22.1. The molecule has 1 aromatic heterocycles. The van der Waals surface area contributed by atoms with Gasteiger partial charge in [0.05, 0.1) is 24.3 Å². The number of anilines is 1. The van der Waals surface area contributed by atoms with Crippen LogP contribution in [0.3, 0.4) is 0 Å². The van der Waals surface area contributed by atoms with E-state index in [4.69, 9.17) is 16.3 Å². The Kier molecular flexibility index (Phi) is 5.48. The van der Waals surface area contributed by atoms with Gasteiger partial charge in [0, 0.05) is 23.1 Å². The summed E-state index contributed by atoms with van der Waals surface area (Å²) >= 11 is 6.29. The number of ketones is 1. The molecule has 6 nitrogen and oxygen atoms in total. The molecule has 1 unspecified atom stereocenters. The molecule has 1 aliphatic rings. The van der Waals surface area contributed by atoms with E-state index in [2.05, 4.69) is 4.98 Å². The lowest BCUT2D eigenvalue weighted by atomic mass is 9.96. The lowest BCUT2D eigenvalue weighted by Gasteiger charge is -2.25. The van der Waals surface area contributed by atoms with Gasteiger partial charge in [-0.2, -0.15) is 0 Å². The molecule has 3 aromatic rings. The molecule has 0 spiro atoms. The first kappa shape index (κ1) is 20.6. The Hall–Kier alpha value is -3.64. The Morgan fingerprint density at radius 2 is 1.90 bits per heavy atom. The number of aromatic nitrogens is 1. The van der Waals surface area contributed by atoms with Gasteiger partial charge in [0.2, 0.25) is 0 Å². The molecule has 7 heteroatoms. The van der Waals surface area contributed by atoms with Crippen LogP contribution in [0.5, 0.6) is 5.75 Å². The topological polar surface area (TPSA) is 79.7 Å². The highest BCUT2D eigenvalue weighted by atomic mass is 35.5. The first-order valence-electron chi connectivity index (χ1n) is 9.54. The standard InChI is InChI=1S/C24H19ClN2O4/c1-14-9-10-16(12-18(14)25)27-21(15-6-5-11-26-13-15)20(23(29)24(27)30)22(28)17-7-3-4-8-19(17)31-2/h3-13,21,28H,1-2H3/b22-20+. The molecule has 1 fully saturated rings. The Balaban J connectivity index is 1.97. The molecule has 1 atom stereocenters. The van der Waals surface area contributed by atoms with Gasteiger partial charge >= 0.3 is 0 Å². The second-order valence-electron chi connectivity index (χ2n) is 7.09. The van der Waals surface area contributed by atoms with Crippen molar-refractivity contribution in [2.24, 2.45) is 0 Å². The molecule has 1 saturated heterocycles. The van der Waals surface area contributed by atoms with Gasteiger partial charge in [-0.25, -0.2) is 0 Å². The number of pyridine rings is 1. The number of carbonyl (C=O) groups excluding carboxylic acids is 2. The van der Waals surface area contributed by atoms with E-state index >= 15 is 0 Å². The molecule has 2 heterocycles. The van der Waals surface area contributed by atoms with Gasteiger partial charge in [-0.3, -0.25) is 19.5 Å². The summed E-state index contributed by atoms with van der Waals surface area (Å²) in [6, 6.07) is 14.5. The molecule has 31 heavy (non-hydrogen) atoms. The number of hydrogen-bond acceptors (Lipinski definition) is 5. The lowest BCUT2D eigenvalue weighted by molar-refractivity contribution is -0.132. The van der Waals surface area contributed by atoms with Gasteiger partial charge < -0.3 is 9.84 Å². The first-order valence-corrected chi connectivity index (χ1v) is 9.92. The third-order valence-electron chi connectivity index (χ3n) is 5.24. The number of amides is 1. The fourth-order valence-electron chi connectivity index (χ4n) is 3.67. The molecule has 156 valence electrons. The van der Waals surface area contributed by atoms with Crippen LogP contribution in [0, 0.1) is 6.92 Å². The highest BCUT2D eigenvalue weighted by molar-refractivity contribution is 6.51. The number of carbonyl (C=O) groups is 2. The largest absolute Gasteiger partial charge is 0.507 e. The van der Waals surface area contributed by atoms with E-state index in [-0.39, 0.29) is 11.3 Å². The van der Waals surface area contributed by atoms with Crippen molar-refractivity contribution in [1.29, 1.82) is 0 Å². The summed E-state index contributed by atoms with van der Waals surface area (Å²) in [6.45, 7) is 1.85. The molecule has 1 aliphatic heterocycles. The molecule has 2 aromatic carbocycles. The summed E-state index contributed by atoms with van der Waals surface area (Å²) in [4.78, 5) is 31.7. The molecule has 0 aliphatic carbocycles. The van der Waals surface area contributed by atoms with Crippen molar-refractivity contribution in [2.45, 2.75) is 13.0 Å². The van der Waals surface area contributed by atoms with Crippen LogP contribution in [0.4, 0.5) is 5.69 Å². The van der Waals surface area contributed by atoms with Crippen molar-refractivity contribution >= 4 is 34.7 Å². The maximum atomic E-state index is 13.1. The number of para-hydroxylation sites is 1. The van der Waals surface area contributed by atoms with Crippen molar-refractivity contribution in [3.63, 3.8) is 0 Å². The van der Waals surface area contributed by atoms with E-state index in [9.17, 15) is 14.7 Å². The number of rotatable bonds is 4. The van der Waals surface area contributed by atoms with E-state index in [1.54, 1.807) is 67.0 Å². The number of Topliss-reactive ketones (excluding diaryl/α,β-unsaturated/α-hetero) is 1. The molecule has 4 rings (SSSR count). The highest BCUT2D eigenvalue weighted by Crippen LogP contribution is 2.43. The van der Waals surface area contributed by atoms with Crippen LogP contribution in [-0.2, 0) is 9.59 Å². The molecular formula is C24H19ClN2O4. The van der Waals surface area contributed by atoms with E-state index in [1.165, 1.54) is 12.0 Å². The number of methoxy groups -OCH3 is 1. The summed E-state index contributed by atoms with van der Waals surface area (Å²) in [5, 5.41) is 11.6. The molecule has 0 saturated carbocycles. The van der Waals surface area contributed by atoms with Crippen molar-refractivity contribution in [1.82, 2.24) is 4.98 Å². The van der Waals surface area contributed by atoms with Crippen LogP contribution in [0.2, 0.25) is 5.02 Å². The van der Waals surface area contributed by atoms with Crippen molar-refractivity contribution in [3.8, 4) is 5.75 Å². The number of nitrogens with zero attached hydrogens (tertiary/aromatic N) is 2. The van der Waals surface area contributed by atoms with Gasteiger partial charge in [-0.15, -0.1) is 0 Å². The highest BCUT2D eigenvalue weighted by Gasteiger charge is 2.47. The molecule has 1 N–H and O–H groups in total. The summed E-state index contributed by atoms with van der Waals surface area (Å²) in [7, 11) is 1.47. The summed E-state index contributed by atoms with van der Waals surface area (Å²) in [6.07, 6.45) is 3.16. The average molecular weight is 435 g/mol. The van der Waals surface area contributed by atoms with Crippen LogP contribution in [0.25, 0.3) is 5.76 Å². The quantitative estimate of drug-likeness (QED) is 0.366. The maximum Gasteiger partial charge on any atom is 0.300 e. The number of aryl methyl sites for hydroxylation is 1. The van der Waals surface area contributed by atoms with E-state index in [1.807, 2.05) is 6.92 Å². The minimum Gasteiger partial charge on any atom is -0.507 e. The number of aliphatic hydroxyl groups is 1. The Bertz CT molecular complexity index is 1210. The minimum atomic E-state index is -0.877. The third-order valence-corrected chi connectivity index (χ3v) is 5.65. The Morgan fingerprint density at radius 1 is 1.13 bits per heavy atom. The van der Waals surface area contributed by atoms with Crippen LogP contribution in [0.1, 0.15) is 22.7 Å². The second kappa shape index (κ2) is 8.24. The minimum absolute atomic E-state index is 0.0424. The summed E-state index contributed by atoms with van der Waals surface area (Å²) in [5.41, 5.74) is 2.15. The van der Waals surface area contributed by atoms with Gasteiger partial charge in [0.1, 0.15) is 11.5 Å². The Morgan fingerprint density at radius 3 is 2.58 bits per heavy atom. The van der Waals surface area contributed by atoms with Gasteiger partial charge in [0.25, 0.3) is 11.7 Å². The van der Waals surface area contributed by atoms with Gasteiger partial charge in [-0.1, -0.05) is 35.9 Å². The fourth-order valence-corrected chi connectivity index (χ4v) is 3.84. The zero-order valence-corrected chi connectivity index (χ0v) is 17.6. The Labute approximate surface area is 184 Å². The molecule has 1 amide bonds. The maximum absolute atomic E-state index is 13.1. The number of ether oxygens (including phenoxy) is 1. The van der Waals surface area contributed by atoms with E-state index in [0.717, 1.165) is 5.56 Å². The lowest BCUT2D eigenvalue weighted by Crippen LogP contribution is -2.29. The van der Waals surface area contributed by atoms with Crippen LogP contribution in [-0.4, -0.2) is 28.9 Å². The second-order valence-corrected chi connectivity index (χ2v) is 7.50. The van der Waals surface area contributed by atoms with E-state index < -0.39 is 17.7 Å². The monoisotopic (exact) mass is 434 g/mol. The van der Waals surface area contributed by atoms with Crippen LogP contribution in [0.15, 0.2) is 72.6 Å². The number of benzene rings is 2.